The van der Waals surface area contributed by atoms with Crippen LogP contribution in [0.15, 0.2) is 12.3 Å². The van der Waals surface area contributed by atoms with Crippen LogP contribution >= 0.6 is 11.6 Å². The van der Waals surface area contributed by atoms with Gasteiger partial charge in [0.25, 0.3) is 0 Å². The molecule has 0 N–H and O–H groups in total. The van der Waals surface area contributed by atoms with Gasteiger partial charge in [-0.05, 0) is 18.4 Å². The third-order valence-electron chi connectivity index (χ3n) is 2.69. The maximum absolute atomic E-state index is 11.7. The van der Waals surface area contributed by atoms with E-state index in [1.165, 1.54) is 10.7 Å². The minimum Gasteiger partial charge on any atom is -0.461 e. The van der Waals surface area contributed by atoms with Gasteiger partial charge in [0.05, 0.1) is 12.8 Å². The van der Waals surface area contributed by atoms with Crippen LogP contribution in [0, 0.1) is 0 Å². The summed E-state index contributed by atoms with van der Waals surface area (Å²) >= 11 is 6.00. The molecule has 2 aromatic rings. The van der Waals surface area contributed by atoms with Crippen molar-refractivity contribution in [3.05, 3.63) is 28.7 Å². The third kappa shape index (κ3) is 2.71. The van der Waals surface area contributed by atoms with Crippen molar-refractivity contribution in [3.8, 4) is 0 Å². The molecule has 6 heteroatoms. The highest BCUT2D eigenvalue weighted by Gasteiger charge is 2.22. The Labute approximate surface area is 116 Å². The summed E-state index contributed by atoms with van der Waals surface area (Å²) in [6.45, 7) is 8.22. The Kier molecular flexibility index (Phi) is 3.49. The standard InChI is InChI=1S/C13H16ClN3O2/c1-5-19-12(18)9-7-17-11(15-9)8(13(2,3)4)6-10(14)16-17/h6-7H,5H2,1-4H3. The second-order valence-electron chi connectivity index (χ2n) is 5.25. The maximum Gasteiger partial charge on any atom is 0.358 e. The fraction of sp³-hybridized carbons (Fsp3) is 0.462. The first-order valence-electron chi connectivity index (χ1n) is 6.06. The summed E-state index contributed by atoms with van der Waals surface area (Å²) in [5, 5.41) is 4.49. The Bertz CT molecular complexity index is 629. The first-order chi connectivity index (χ1) is 8.82. The van der Waals surface area contributed by atoms with Crippen LogP contribution in [0.5, 0.6) is 0 Å². The number of nitrogens with zero attached hydrogens (tertiary/aromatic N) is 3. The molecule has 0 aliphatic heterocycles. The average molecular weight is 282 g/mol. The fourth-order valence-corrected chi connectivity index (χ4v) is 1.99. The van der Waals surface area contributed by atoms with E-state index >= 15 is 0 Å². The molecule has 0 fully saturated rings. The van der Waals surface area contributed by atoms with Crippen molar-refractivity contribution in [2.45, 2.75) is 33.1 Å². The van der Waals surface area contributed by atoms with Crippen LogP contribution in [0.3, 0.4) is 0 Å². The van der Waals surface area contributed by atoms with Gasteiger partial charge in [0, 0.05) is 5.56 Å². The minimum absolute atomic E-state index is 0.148. The van der Waals surface area contributed by atoms with E-state index < -0.39 is 5.97 Å². The zero-order chi connectivity index (χ0) is 14.2. The zero-order valence-electron chi connectivity index (χ0n) is 11.4. The molecule has 2 rings (SSSR count). The Hall–Kier alpha value is -1.62. The molecule has 0 saturated heterocycles. The van der Waals surface area contributed by atoms with E-state index in [0.717, 1.165) is 5.56 Å². The molecule has 2 heterocycles. The van der Waals surface area contributed by atoms with Gasteiger partial charge in [-0.2, -0.15) is 5.10 Å². The second-order valence-corrected chi connectivity index (χ2v) is 5.63. The molecule has 0 aliphatic rings. The van der Waals surface area contributed by atoms with Gasteiger partial charge in [0.2, 0.25) is 0 Å². The molecule has 0 aromatic carbocycles. The lowest BCUT2D eigenvalue weighted by atomic mass is 9.88. The number of imidazole rings is 1. The van der Waals surface area contributed by atoms with Crippen molar-refractivity contribution < 1.29 is 9.53 Å². The van der Waals surface area contributed by atoms with Gasteiger partial charge in [-0.25, -0.2) is 14.3 Å². The van der Waals surface area contributed by atoms with Crippen LogP contribution in [-0.2, 0) is 10.2 Å². The molecule has 0 atom stereocenters. The number of esters is 1. The monoisotopic (exact) mass is 281 g/mol. The molecule has 5 nitrogen and oxygen atoms in total. The molecule has 0 saturated carbocycles. The van der Waals surface area contributed by atoms with E-state index in [1.54, 1.807) is 13.0 Å². The van der Waals surface area contributed by atoms with Gasteiger partial charge < -0.3 is 4.74 Å². The van der Waals surface area contributed by atoms with Crippen LogP contribution in [0.4, 0.5) is 0 Å². The highest BCUT2D eigenvalue weighted by molar-refractivity contribution is 6.29. The number of carbonyl (C=O) groups excluding carboxylic acids is 1. The zero-order valence-corrected chi connectivity index (χ0v) is 12.2. The summed E-state index contributed by atoms with van der Waals surface area (Å²) < 4.78 is 6.46. The summed E-state index contributed by atoms with van der Waals surface area (Å²) in [4.78, 5) is 16.0. The average Bonchev–Trinajstić information content (AvgIpc) is 2.70. The lowest BCUT2D eigenvalue weighted by Crippen LogP contribution is -2.14. The Morgan fingerprint density at radius 1 is 1.47 bits per heavy atom. The number of hydrogen-bond acceptors (Lipinski definition) is 4. The molecular formula is C13H16ClN3O2. The Balaban J connectivity index is 2.62. The number of fused-ring (bicyclic) bond motifs is 1. The van der Waals surface area contributed by atoms with E-state index in [-0.39, 0.29) is 11.1 Å². The SMILES string of the molecule is CCOC(=O)c1cn2nc(Cl)cc(C(C)(C)C)c2n1. The second kappa shape index (κ2) is 4.81. The summed E-state index contributed by atoms with van der Waals surface area (Å²) in [7, 11) is 0. The summed E-state index contributed by atoms with van der Waals surface area (Å²) in [5.74, 6) is -0.455. The number of halogens is 1. The summed E-state index contributed by atoms with van der Waals surface area (Å²) in [5.41, 5.74) is 1.65. The highest BCUT2D eigenvalue weighted by atomic mass is 35.5. The molecule has 0 amide bonds. The van der Waals surface area contributed by atoms with Crippen molar-refractivity contribution in [2.75, 3.05) is 6.61 Å². The van der Waals surface area contributed by atoms with Crippen molar-refractivity contribution in [1.29, 1.82) is 0 Å². The van der Waals surface area contributed by atoms with Gasteiger partial charge in [0.1, 0.15) is 5.15 Å². The maximum atomic E-state index is 11.7. The Morgan fingerprint density at radius 3 is 2.74 bits per heavy atom. The quantitative estimate of drug-likeness (QED) is 0.794. The number of ether oxygens (including phenoxy) is 1. The Morgan fingerprint density at radius 2 is 2.16 bits per heavy atom. The van der Waals surface area contributed by atoms with Crippen molar-refractivity contribution in [3.63, 3.8) is 0 Å². The smallest absolute Gasteiger partial charge is 0.358 e. The topological polar surface area (TPSA) is 56.5 Å². The molecule has 0 aliphatic carbocycles. The fourth-order valence-electron chi connectivity index (χ4n) is 1.80. The van der Waals surface area contributed by atoms with E-state index in [1.807, 2.05) is 0 Å². The van der Waals surface area contributed by atoms with Crippen LogP contribution < -0.4 is 0 Å². The predicted octanol–water partition coefficient (Wildman–Crippen LogP) is 2.86. The van der Waals surface area contributed by atoms with Crippen LogP contribution in [0.2, 0.25) is 5.15 Å². The van der Waals surface area contributed by atoms with E-state index in [4.69, 9.17) is 16.3 Å². The van der Waals surface area contributed by atoms with Crippen molar-refractivity contribution in [2.24, 2.45) is 0 Å². The molecule has 19 heavy (non-hydrogen) atoms. The molecule has 0 radical (unpaired) electrons. The molecule has 2 aromatic heterocycles. The van der Waals surface area contributed by atoms with Gasteiger partial charge >= 0.3 is 5.97 Å². The number of carbonyl (C=O) groups is 1. The minimum atomic E-state index is -0.455. The predicted molar refractivity (Wildman–Crippen MR) is 72.7 cm³/mol. The van der Waals surface area contributed by atoms with Gasteiger partial charge in [0.15, 0.2) is 11.3 Å². The first-order valence-corrected chi connectivity index (χ1v) is 6.44. The van der Waals surface area contributed by atoms with Crippen molar-refractivity contribution >= 4 is 23.2 Å². The number of hydrogen-bond donors (Lipinski definition) is 0. The van der Waals surface area contributed by atoms with Crippen molar-refractivity contribution in [1.82, 2.24) is 14.6 Å². The van der Waals surface area contributed by atoms with E-state index in [2.05, 4.69) is 30.9 Å². The molecule has 102 valence electrons. The van der Waals surface area contributed by atoms with Gasteiger partial charge in [-0.15, -0.1) is 0 Å². The largest absolute Gasteiger partial charge is 0.461 e. The molecule has 0 bridgehead atoms. The number of aromatic nitrogens is 3. The molecule has 0 spiro atoms. The number of rotatable bonds is 2. The molecular weight excluding hydrogens is 266 g/mol. The normalized spacial score (nSPS) is 11.8. The van der Waals surface area contributed by atoms with Crippen LogP contribution in [-0.4, -0.2) is 27.2 Å². The summed E-state index contributed by atoms with van der Waals surface area (Å²) in [6, 6.07) is 1.78. The van der Waals surface area contributed by atoms with E-state index in [9.17, 15) is 4.79 Å². The lowest BCUT2D eigenvalue weighted by Gasteiger charge is -2.19. The van der Waals surface area contributed by atoms with Gasteiger partial charge in [-0.1, -0.05) is 32.4 Å². The van der Waals surface area contributed by atoms with Crippen LogP contribution in [0.1, 0.15) is 43.7 Å². The first kappa shape index (κ1) is 13.8. The third-order valence-corrected chi connectivity index (χ3v) is 2.87. The highest BCUT2D eigenvalue weighted by Crippen LogP contribution is 2.27. The van der Waals surface area contributed by atoms with E-state index in [0.29, 0.717) is 17.4 Å². The van der Waals surface area contributed by atoms with Gasteiger partial charge in [-0.3, -0.25) is 0 Å². The summed E-state index contributed by atoms with van der Waals surface area (Å²) in [6.07, 6.45) is 1.54. The van der Waals surface area contributed by atoms with Crippen LogP contribution in [0.25, 0.3) is 5.65 Å². The molecule has 0 unspecified atom stereocenters. The lowest BCUT2D eigenvalue weighted by molar-refractivity contribution is 0.0520.